The molecule has 0 aromatic carbocycles. The zero-order valence-corrected chi connectivity index (χ0v) is 14.9. The Balaban J connectivity index is 2.21. The lowest BCUT2D eigenvalue weighted by atomic mass is 9.88. The molecular weight excluding hydrogens is 272 g/mol. The Kier molecular flexibility index (Phi) is 5.68. The third-order valence-electron chi connectivity index (χ3n) is 5.08. The summed E-state index contributed by atoms with van der Waals surface area (Å²) in [6.07, 6.45) is 11.7. The molecule has 0 amide bonds. The molecule has 1 aliphatic carbocycles. The number of rotatable bonds is 1. The summed E-state index contributed by atoms with van der Waals surface area (Å²) in [6, 6.07) is 0. The summed E-state index contributed by atoms with van der Waals surface area (Å²) in [5.41, 5.74) is 3.81. The summed E-state index contributed by atoms with van der Waals surface area (Å²) in [5.74, 6) is 0.356. The van der Waals surface area contributed by atoms with E-state index in [4.69, 9.17) is 4.74 Å². The average molecular weight is 304 g/mol. The van der Waals surface area contributed by atoms with Gasteiger partial charge in [0.1, 0.15) is 0 Å². The van der Waals surface area contributed by atoms with Gasteiger partial charge in [-0.2, -0.15) is 0 Å². The van der Waals surface area contributed by atoms with E-state index in [0.29, 0.717) is 18.4 Å². The van der Waals surface area contributed by atoms with Crippen LogP contribution >= 0.6 is 0 Å². The highest BCUT2D eigenvalue weighted by molar-refractivity contribution is 5.23. The highest BCUT2D eigenvalue weighted by atomic mass is 16.6. The van der Waals surface area contributed by atoms with Gasteiger partial charge in [0.25, 0.3) is 0 Å². The maximum atomic E-state index is 10.7. The molecule has 3 atom stereocenters. The number of epoxide rings is 1. The van der Waals surface area contributed by atoms with Crippen LogP contribution in [-0.2, 0) is 4.74 Å². The third kappa shape index (κ3) is 4.57. The average Bonchev–Trinajstić information content (AvgIpc) is 3.05. The first-order valence-corrected chi connectivity index (χ1v) is 8.70. The molecule has 124 valence electrons. The van der Waals surface area contributed by atoms with Crippen LogP contribution in [0.3, 0.4) is 0 Å². The molecule has 0 saturated carbocycles. The standard InChI is InChI=1S/C20H32O2/c1-14(2)17-11-9-15(3)7-6-8-16(4)10-12-19-20(5,22-19)13-18(17)21/h8-9,11,14,18-19,21H,6-7,10,12-13H2,1-5H3/t18-,19-,20-/m0/s1. The summed E-state index contributed by atoms with van der Waals surface area (Å²) < 4.78 is 5.92. The first-order valence-electron chi connectivity index (χ1n) is 8.70. The van der Waals surface area contributed by atoms with Crippen LogP contribution < -0.4 is 0 Å². The van der Waals surface area contributed by atoms with E-state index >= 15 is 0 Å². The Hall–Kier alpha value is -0.860. The van der Waals surface area contributed by atoms with Gasteiger partial charge in [-0.15, -0.1) is 0 Å². The second kappa shape index (κ2) is 7.14. The predicted octanol–water partition coefficient (Wildman–Crippen LogP) is 4.94. The molecule has 22 heavy (non-hydrogen) atoms. The summed E-state index contributed by atoms with van der Waals surface area (Å²) in [5, 5.41) is 10.7. The fourth-order valence-corrected chi connectivity index (χ4v) is 3.35. The summed E-state index contributed by atoms with van der Waals surface area (Å²) >= 11 is 0. The van der Waals surface area contributed by atoms with Gasteiger partial charge in [-0.3, -0.25) is 0 Å². The number of hydrogen-bond acceptors (Lipinski definition) is 2. The fraction of sp³-hybridized carbons (Fsp3) is 0.700. The van der Waals surface area contributed by atoms with Crippen LogP contribution in [-0.4, -0.2) is 22.9 Å². The van der Waals surface area contributed by atoms with Gasteiger partial charge in [0, 0.05) is 6.42 Å². The molecule has 0 aromatic rings. The minimum absolute atomic E-state index is 0.142. The third-order valence-corrected chi connectivity index (χ3v) is 5.08. The van der Waals surface area contributed by atoms with Crippen LogP contribution in [0.25, 0.3) is 0 Å². The Morgan fingerprint density at radius 1 is 1.18 bits per heavy atom. The van der Waals surface area contributed by atoms with Crippen molar-refractivity contribution < 1.29 is 9.84 Å². The zero-order chi connectivity index (χ0) is 16.3. The van der Waals surface area contributed by atoms with Crippen LogP contribution in [0.5, 0.6) is 0 Å². The molecule has 1 saturated heterocycles. The first kappa shape index (κ1) is 17.5. The second-order valence-corrected chi connectivity index (χ2v) is 7.60. The number of ether oxygens (including phenoxy) is 1. The van der Waals surface area contributed by atoms with Gasteiger partial charge in [0.2, 0.25) is 0 Å². The van der Waals surface area contributed by atoms with Crippen LogP contribution in [0.4, 0.5) is 0 Å². The fourth-order valence-electron chi connectivity index (χ4n) is 3.35. The Morgan fingerprint density at radius 3 is 2.59 bits per heavy atom. The van der Waals surface area contributed by atoms with Crippen molar-refractivity contribution in [2.45, 2.75) is 84.5 Å². The van der Waals surface area contributed by atoms with Gasteiger partial charge in [0.15, 0.2) is 0 Å². The van der Waals surface area contributed by atoms with Gasteiger partial charge < -0.3 is 9.84 Å². The van der Waals surface area contributed by atoms with E-state index in [1.54, 1.807) is 0 Å². The molecule has 2 aliphatic rings. The molecule has 1 heterocycles. The normalized spacial score (nSPS) is 34.2. The number of allylic oxidation sites excluding steroid dienone is 5. The molecule has 0 bridgehead atoms. The van der Waals surface area contributed by atoms with Crippen molar-refractivity contribution in [1.29, 1.82) is 0 Å². The van der Waals surface area contributed by atoms with Gasteiger partial charge in [0.05, 0.1) is 17.8 Å². The van der Waals surface area contributed by atoms with E-state index in [2.05, 4.69) is 52.8 Å². The van der Waals surface area contributed by atoms with Crippen molar-refractivity contribution in [3.05, 3.63) is 34.9 Å². The van der Waals surface area contributed by atoms with Crippen LogP contribution in [0.1, 0.15) is 66.7 Å². The number of fused-ring (bicyclic) bond motifs is 1. The van der Waals surface area contributed by atoms with Crippen molar-refractivity contribution in [3.63, 3.8) is 0 Å². The second-order valence-electron chi connectivity index (χ2n) is 7.60. The lowest BCUT2D eigenvalue weighted by Crippen LogP contribution is -2.24. The van der Waals surface area contributed by atoms with Gasteiger partial charge in [-0.1, -0.05) is 43.2 Å². The summed E-state index contributed by atoms with van der Waals surface area (Å²) in [4.78, 5) is 0. The zero-order valence-electron chi connectivity index (χ0n) is 14.9. The molecule has 1 aliphatic heterocycles. The van der Waals surface area contributed by atoms with Crippen molar-refractivity contribution in [3.8, 4) is 0 Å². The number of aliphatic hydroxyl groups is 1. The molecule has 0 radical (unpaired) electrons. The van der Waals surface area contributed by atoms with Crippen molar-refractivity contribution in [2.75, 3.05) is 0 Å². The first-order chi connectivity index (χ1) is 10.3. The lowest BCUT2D eigenvalue weighted by Gasteiger charge is -2.20. The van der Waals surface area contributed by atoms with E-state index < -0.39 is 6.10 Å². The highest BCUT2D eigenvalue weighted by Gasteiger charge is 2.52. The molecule has 0 spiro atoms. The molecule has 2 heteroatoms. The highest BCUT2D eigenvalue weighted by Crippen LogP contribution is 2.44. The molecule has 0 unspecified atom stereocenters. The Bertz CT molecular complexity index is 484. The predicted molar refractivity (Wildman–Crippen MR) is 92.8 cm³/mol. The molecule has 2 nitrogen and oxygen atoms in total. The van der Waals surface area contributed by atoms with Gasteiger partial charge in [-0.25, -0.2) is 0 Å². The molecular formula is C20H32O2. The van der Waals surface area contributed by atoms with E-state index in [-0.39, 0.29) is 5.60 Å². The Labute approximate surface area is 136 Å². The summed E-state index contributed by atoms with van der Waals surface area (Å²) in [6.45, 7) is 10.8. The SMILES string of the molecule is CC1=CC=C(C(C)C)[C@@H](O)C[C@]2(C)O[C@H]2CCC(C)=CCC1. The van der Waals surface area contributed by atoms with Gasteiger partial charge in [-0.05, 0) is 57.9 Å². The molecule has 1 N–H and O–H groups in total. The van der Waals surface area contributed by atoms with E-state index in [1.165, 1.54) is 11.1 Å². The van der Waals surface area contributed by atoms with Crippen LogP contribution in [0, 0.1) is 5.92 Å². The quantitative estimate of drug-likeness (QED) is 0.549. The maximum absolute atomic E-state index is 10.7. The monoisotopic (exact) mass is 304 g/mol. The summed E-state index contributed by atoms with van der Waals surface area (Å²) in [7, 11) is 0. The van der Waals surface area contributed by atoms with Crippen LogP contribution in [0.15, 0.2) is 34.9 Å². The largest absolute Gasteiger partial charge is 0.389 e. The minimum Gasteiger partial charge on any atom is -0.389 e. The number of hydrogen-bond donors (Lipinski definition) is 1. The topological polar surface area (TPSA) is 32.8 Å². The van der Waals surface area contributed by atoms with Crippen molar-refractivity contribution in [1.82, 2.24) is 0 Å². The van der Waals surface area contributed by atoms with Gasteiger partial charge >= 0.3 is 0 Å². The van der Waals surface area contributed by atoms with Crippen LogP contribution in [0.2, 0.25) is 0 Å². The number of aliphatic hydroxyl groups excluding tert-OH is 1. The molecule has 1 fully saturated rings. The van der Waals surface area contributed by atoms with E-state index in [1.807, 2.05) is 0 Å². The Morgan fingerprint density at radius 2 is 1.91 bits per heavy atom. The molecule has 2 rings (SSSR count). The van der Waals surface area contributed by atoms with Crippen molar-refractivity contribution in [2.24, 2.45) is 5.92 Å². The van der Waals surface area contributed by atoms with Crippen molar-refractivity contribution >= 4 is 0 Å². The van der Waals surface area contributed by atoms with E-state index in [9.17, 15) is 5.11 Å². The smallest absolute Gasteiger partial charge is 0.0948 e. The van der Waals surface area contributed by atoms with E-state index in [0.717, 1.165) is 31.3 Å². The molecule has 0 aromatic heterocycles. The minimum atomic E-state index is -0.404. The maximum Gasteiger partial charge on any atom is 0.0948 e. The lowest BCUT2D eigenvalue weighted by molar-refractivity contribution is 0.151.